The minimum absolute atomic E-state index is 0.272. The molecule has 1 aromatic heterocycles. The van der Waals surface area contributed by atoms with Crippen LogP contribution in [0.5, 0.6) is 0 Å². The molecule has 0 aliphatic heterocycles. The molecule has 21 heavy (non-hydrogen) atoms. The van der Waals surface area contributed by atoms with Crippen LogP contribution in [0.25, 0.3) is 11.0 Å². The Bertz CT molecular complexity index is 768. The molecule has 106 valence electrons. The zero-order valence-corrected chi connectivity index (χ0v) is 11.5. The molecule has 2 aromatic carbocycles. The van der Waals surface area contributed by atoms with Crippen LogP contribution < -0.4 is 11.3 Å². The lowest BCUT2D eigenvalue weighted by Crippen LogP contribution is -2.29. The van der Waals surface area contributed by atoms with Crippen LogP contribution in [0.4, 0.5) is 4.39 Å². The summed E-state index contributed by atoms with van der Waals surface area (Å²) in [7, 11) is 0. The lowest BCUT2D eigenvalue weighted by atomic mass is 9.97. The second kappa shape index (κ2) is 5.55. The lowest BCUT2D eigenvalue weighted by Gasteiger charge is -2.18. The highest BCUT2D eigenvalue weighted by Gasteiger charge is 2.14. The predicted molar refractivity (Wildman–Crippen MR) is 79.8 cm³/mol. The first-order valence-electron chi connectivity index (χ1n) is 6.61. The van der Waals surface area contributed by atoms with E-state index in [0.29, 0.717) is 0 Å². The predicted octanol–water partition coefficient (Wildman–Crippen LogP) is 2.63. The number of hydrazine groups is 1. The normalized spacial score (nSPS) is 12.5. The van der Waals surface area contributed by atoms with Gasteiger partial charge in [-0.05, 0) is 47.9 Å². The van der Waals surface area contributed by atoms with E-state index >= 15 is 0 Å². The number of rotatable bonds is 3. The fourth-order valence-electron chi connectivity index (χ4n) is 2.48. The Hall–Kier alpha value is -2.37. The highest BCUT2D eigenvalue weighted by atomic mass is 19.1. The number of aromatic nitrogens is 2. The van der Waals surface area contributed by atoms with Crippen molar-refractivity contribution in [3.05, 3.63) is 71.3 Å². The number of nitrogens with zero attached hydrogens (tertiary/aromatic N) is 2. The Labute approximate surface area is 121 Å². The average Bonchev–Trinajstić information content (AvgIpc) is 2.47. The maximum Gasteiger partial charge on any atom is 0.123 e. The molecule has 0 fully saturated rings. The largest absolute Gasteiger partial charge is 0.271 e. The fraction of sp³-hybridized carbons (Fsp3) is 0.125. The number of benzene rings is 2. The molecule has 0 saturated heterocycles. The highest BCUT2D eigenvalue weighted by Crippen LogP contribution is 2.25. The van der Waals surface area contributed by atoms with Crippen molar-refractivity contribution in [3.8, 4) is 0 Å². The van der Waals surface area contributed by atoms with Crippen LogP contribution >= 0.6 is 0 Å². The van der Waals surface area contributed by atoms with Gasteiger partial charge in [0.25, 0.3) is 0 Å². The van der Waals surface area contributed by atoms with Gasteiger partial charge in [0.15, 0.2) is 0 Å². The van der Waals surface area contributed by atoms with Crippen LogP contribution in [-0.4, -0.2) is 9.97 Å². The minimum atomic E-state index is -0.300. The van der Waals surface area contributed by atoms with E-state index in [1.165, 1.54) is 12.1 Å². The van der Waals surface area contributed by atoms with Gasteiger partial charge >= 0.3 is 0 Å². The maximum absolute atomic E-state index is 13.6. The fourth-order valence-corrected chi connectivity index (χ4v) is 2.48. The minimum Gasteiger partial charge on any atom is -0.271 e. The standard InChI is InChI=1S/C16H15FN4/c1-10-6-12(8-13(17)7-10)16(21-18)11-2-3-14-15(9-11)20-5-4-19-14/h2-9,16,21H,18H2,1H3. The van der Waals surface area contributed by atoms with E-state index in [1.807, 2.05) is 31.2 Å². The van der Waals surface area contributed by atoms with Crippen molar-refractivity contribution in [1.82, 2.24) is 15.4 Å². The first-order valence-corrected chi connectivity index (χ1v) is 6.61. The van der Waals surface area contributed by atoms with E-state index in [9.17, 15) is 4.39 Å². The second-order valence-electron chi connectivity index (χ2n) is 4.97. The number of fused-ring (bicyclic) bond motifs is 1. The van der Waals surface area contributed by atoms with Crippen molar-refractivity contribution in [2.24, 2.45) is 5.84 Å². The number of nitrogens with two attached hydrogens (primary N) is 1. The summed E-state index contributed by atoms with van der Waals surface area (Å²) in [6, 6.07) is 10.3. The lowest BCUT2D eigenvalue weighted by molar-refractivity contribution is 0.604. The first-order chi connectivity index (χ1) is 10.2. The monoisotopic (exact) mass is 282 g/mol. The van der Waals surface area contributed by atoms with Gasteiger partial charge in [-0.3, -0.25) is 15.8 Å². The second-order valence-corrected chi connectivity index (χ2v) is 4.97. The Morgan fingerprint density at radius 2 is 1.76 bits per heavy atom. The summed E-state index contributed by atoms with van der Waals surface area (Å²) in [6.45, 7) is 1.85. The quantitative estimate of drug-likeness (QED) is 0.572. The Morgan fingerprint density at radius 1 is 1.00 bits per heavy atom. The van der Waals surface area contributed by atoms with Gasteiger partial charge in [0.2, 0.25) is 0 Å². The van der Waals surface area contributed by atoms with Gasteiger partial charge in [-0.15, -0.1) is 0 Å². The molecule has 1 atom stereocenters. The molecule has 4 nitrogen and oxygen atoms in total. The van der Waals surface area contributed by atoms with E-state index in [1.54, 1.807) is 12.4 Å². The SMILES string of the molecule is Cc1cc(F)cc(C(NN)c2ccc3nccnc3c2)c1. The third-order valence-electron chi connectivity index (χ3n) is 3.39. The van der Waals surface area contributed by atoms with Gasteiger partial charge < -0.3 is 0 Å². The summed E-state index contributed by atoms with van der Waals surface area (Å²) in [6.07, 6.45) is 3.29. The van der Waals surface area contributed by atoms with Crippen molar-refractivity contribution in [2.75, 3.05) is 0 Å². The number of halogens is 1. The first kappa shape index (κ1) is 13.6. The summed E-state index contributed by atoms with van der Waals surface area (Å²) in [5.74, 6) is 5.40. The zero-order chi connectivity index (χ0) is 14.8. The summed E-state index contributed by atoms with van der Waals surface area (Å²) in [5, 5.41) is 0. The summed E-state index contributed by atoms with van der Waals surface area (Å²) >= 11 is 0. The van der Waals surface area contributed by atoms with Crippen LogP contribution in [0, 0.1) is 12.7 Å². The van der Waals surface area contributed by atoms with Crippen LogP contribution in [0.3, 0.4) is 0 Å². The Kier molecular flexibility index (Phi) is 3.60. The van der Waals surface area contributed by atoms with E-state index < -0.39 is 0 Å². The number of hydrogen-bond acceptors (Lipinski definition) is 4. The van der Waals surface area contributed by atoms with Gasteiger partial charge in [-0.1, -0.05) is 12.1 Å². The molecule has 3 aromatic rings. The molecular weight excluding hydrogens is 267 g/mol. The van der Waals surface area contributed by atoms with Crippen molar-refractivity contribution in [1.29, 1.82) is 0 Å². The molecule has 5 heteroatoms. The van der Waals surface area contributed by atoms with Gasteiger partial charge in [0.1, 0.15) is 5.82 Å². The Morgan fingerprint density at radius 3 is 2.48 bits per heavy atom. The van der Waals surface area contributed by atoms with E-state index in [4.69, 9.17) is 5.84 Å². The molecule has 0 bridgehead atoms. The number of nitrogens with one attached hydrogen (secondary N) is 1. The zero-order valence-electron chi connectivity index (χ0n) is 11.5. The van der Waals surface area contributed by atoms with Crippen LogP contribution in [0.1, 0.15) is 22.7 Å². The van der Waals surface area contributed by atoms with Crippen LogP contribution in [0.15, 0.2) is 48.8 Å². The molecule has 1 heterocycles. The van der Waals surface area contributed by atoms with Gasteiger partial charge in [-0.2, -0.15) is 0 Å². The highest BCUT2D eigenvalue weighted by molar-refractivity contribution is 5.74. The smallest absolute Gasteiger partial charge is 0.123 e. The molecule has 0 radical (unpaired) electrons. The molecule has 0 spiro atoms. The molecule has 3 N–H and O–H groups in total. The summed E-state index contributed by atoms with van der Waals surface area (Å²) in [5.41, 5.74) is 6.87. The van der Waals surface area contributed by atoms with Crippen molar-refractivity contribution in [3.63, 3.8) is 0 Å². The van der Waals surface area contributed by atoms with E-state index in [-0.39, 0.29) is 11.9 Å². The van der Waals surface area contributed by atoms with Crippen molar-refractivity contribution >= 4 is 11.0 Å². The van der Waals surface area contributed by atoms with Gasteiger partial charge in [-0.25, -0.2) is 9.82 Å². The maximum atomic E-state index is 13.6. The molecule has 3 rings (SSSR count). The molecule has 0 aliphatic rings. The molecule has 0 amide bonds. The topological polar surface area (TPSA) is 63.8 Å². The number of aryl methyl sites for hydroxylation is 1. The van der Waals surface area contributed by atoms with Crippen LogP contribution in [-0.2, 0) is 0 Å². The van der Waals surface area contributed by atoms with Gasteiger partial charge in [0, 0.05) is 12.4 Å². The third kappa shape index (κ3) is 2.74. The molecule has 0 aliphatic carbocycles. The molecule has 1 unspecified atom stereocenters. The summed E-state index contributed by atoms with van der Waals surface area (Å²) in [4.78, 5) is 8.52. The summed E-state index contributed by atoms with van der Waals surface area (Å²) < 4.78 is 13.6. The van der Waals surface area contributed by atoms with E-state index in [0.717, 1.165) is 27.7 Å². The molecule has 0 saturated carbocycles. The molecular formula is C16H15FN4. The Balaban J connectivity index is 2.08. The van der Waals surface area contributed by atoms with Crippen molar-refractivity contribution < 1.29 is 4.39 Å². The van der Waals surface area contributed by atoms with Crippen LogP contribution in [0.2, 0.25) is 0 Å². The third-order valence-corrected chi connectivity index (χ3v) is 3.39. The van der Waals surface area contributed by atoms with E-state index in [2.05, 4.69) is 15.4 Å². The van der Waals surface area contributed by atoms with Crippen molar-refractivity contribution in [2.45, 2.75) is 13.0 Å². The number of hydrogen-bond donors (Lipinski definition) is 2. The van der Waals surface area contributed by atoms with Gasteiger partial charge in [0.05, 0.1) is 17.1 Å². The average molecular weight is 282 g/mol.